The summed E-state index contributed by atoms with van der Waals surface area (Å²) in [4.78, 5) is 47.2. The van der Waals surface area contributed by atoms with E-state index in [9.17, 15) is 14.4 Å². The van der Waals surface area contributed by atoms with Crippen molar-refractivity contribution in [1.29, 1.82) is 0 Å². The zero-order valence-electron chi connectivity index (χ0n) is 24.7. The minimum atomic E-state index is -1.71. The monoisotopic (exact) mass is 635 g/mol. The smallest absolute Gasteiger partial charge is 0.332 e. The summed E-state index contributed by atoms with van der Waals surface area (Å²) in [5, 5.41) is 7.18. The van der Waals surface area contributed by atoms with Crippen LogP contribution in [0.25, 0.3) is 11.2 Å². The Morgan fingerprint density at radius 1 is 1.07 bits per heavy atom. The number of aromatic amines is 1. The minimum Gasteiger partial charge on any atom is -0.400 e. The summed E-state index contributed by atoms with van der Waals surface area (Å²) in [5.41, 5.74) is 5.01. The lowest BCUT2D eigenvalue weighted by Crippen LogP contribution is -2.18. The first-order chi connectivity index (χ1) is 19.3. The van der Waals surface area contributed by atoms with Crippen molar-refractivity contribution in [2.45, 2.75) is 66.7 Å². The summed E-state index contributed by atoms with van der Waals surface area (Å²) in [7, 11) is -0.714. The molecule has 0 saturated carbocycles. The second-order valence-corrected chi connectivity index (χ2v) is 14.4. The van der Waals surface area contributed by atoms with Crippen molar-refractivity contribution >= 4 is 59.5 Å². The predicted octanol–water partition coefficient (Wildman–Crippen LogP) is 3.88. The molecule has 1 fully saturated rings. The number of aliphatic hydroxyl groups excluding tert-OH is 1. The molecule has 0 amide bonds. The fraction of sp³-hybridized carbons (Fsp3) is 0.720. The van der Waals surface area contributed by atoms with Gasteiger partial charge in [0, 0.05) is 29.4 Å². The summed E-state index contributed by atoms with van der Waals surface area (Å²) >= 11 is 2.44. The SMILES string of the molecule is CC(C)(C)C(=O)SCCOP(OCCSC(=O)C(C)(C)C)OCC1CCC(n2cnc3c(=O)[nH]c(N)nc32)O1.CO. The number of aromatic nitrogens is 4. The highest BCUT2D eigenvalue weighted by atomic mass is 32.2. The first-order valence-electron chi connectivity index (χ1n) is 13.1. The second kappa shape index (κ2) is 16.3. The van der Waals surface area contributed by atoms with Crippen LogP contribution < -0.4 is 11.3 Å². The van der Waals surface area contributed by atoms with Gasteiger partial charge in [-0.3, -0.25) is 23.9 Å². The van der Waals surface area contributed by atoms with Crippen molar-refractivity contribution in [3.63, 3.8) is 0 Å². The van der Waals surface area contributed by atoms with Crippen molar-refractivity contribution < 1.29 is 33.0 Å². The maximum Gasteiger partial charge on any atom is 0.332 e. The lowest BCUT2D eigenvalue weighted by Gasteiger charge is -2.20. The lowest BCUT2D eigenvalue weighted by atomic mass is 9.99. The van der Waals surface area contributed by atoms with Crippen molar-refractivity contribution in [2.24, 2.45) is 10.8 Å². The Balaban J connectivity index is 0.00000287. The zero-order valence-corrected chi connectivity index (χ0v) is 27.2. The fourth-order valence-corrected chi connectivity index (χ4v) is 6.16. The van der Waals surface area contributed by atoms with Crippen LogP contribution in [0.2, 0.25) is 0 Å². The number of anilines is 1. The van der Waals surface area contributed by atoms with Gasteiger partial charge in [0.2, 0.25) is 5.95 Å². The molecule has 2 unspecified atom stereocenters. The van der Waals surface area contributed by atoms with E-state index in [-0.39, 0.29) is 53.8 Å². The van der Waals surface area contributed by atoms with E-state index in [2.05, 4.69) is 15.0 Å². The molecule has 2 aromatic heterocycles. The third-order valence-corrected chi connectivity index (χ3v) is 9.10. The van der Waals surface area contributed by atoms with Crippen LogP contribution in [0.1, 0.15) is 60.6 Å². The van der Waals surface area contributed by atoms with E-state index < -0.39 is 25.0 Å². The number of thioether (sulfide) groups is 2. The van der Waals surface area contributed by atoms with Crippen LogP contribution in [0.5, 0.6) is 0 Å². The number of fused-ring (bicyclic) bond motifs is 1. The molecule has 232 valence electrons. The first-order valence-corrected chi connectivity index (χ1v) is 16.2. The average molecular weight is 636 g/mol. The number of hydrogen-bond donors (Lipinski definition) is 3. The van der Waals surface area contributed by atoms with Crippen LogP contribution in [0.3, 0.4) is 0 Å². The number of hydrogen-bond acceptors (Lipinski definition) is 13. The molecule has 2 atom stereocenters. The molecule has 1 aliphatic rings. The van der Waals surface area contributed by atoms with Gasteiger partial charge in [-0.05, 0) is 12.8 Å². The van der Waals surface area contributed by atoms with E-state index in [1.807, 2.05) is 41.5 Å². The molecule has 16 heteroatoms. The van der Waals surface area contributed by atoms with Gasteiger partial charge in [0.1, 0.15) is 6.23 Å². The highest BCUT2D eigenvalue weighted by Crippen LogP contribution is 2.42. The Kier molecular flexibility index (Phi) is 14.2. The van der Waals surface area contributed by atoms with Crippen LogP contribution in [-0.2, 0) is 27.9 Å². The molecular weight excluding hydrogens is 593 g/mol. The molecule has 0 aliphatic carbocycles. The van der Waals surface area contributed by atoms with Gasteiger partial charge < -0.3 is 29.1 Å². The maximum atomic E-state index is 12.2. The molecule has 1 saturated heterocycles. The number of nitrogens with zero attached hydrogens (tertiary/aromatic N) is 3. The van der Waals surface area contributed by atoms with Gasteiger partial charge in [-0.25, -0.2) is 4.98 Å². The van der Waals surface area contributed by atoms with Crippen LogP contribution >= 0.6 is 32.1 Å². The largest absolute Gasteiger partial charge is 0.400 e. The topological polar surface area (TPSA) is 181 Å². The van der Waals surface area contributed by atoms with Gasteiger partial charge in [-0.1, -0.05) is 65.1 Å². The number of aliphatic hydroxyl groups is 1. The molecule has 0 aromatic carbocycles. The number of imidazole rings is 1. The van der Waals surface area contributed by atoms with E-state index in [0.29, 0.717) is 30.0 Å². The van der Waals surface area contributed by atoms with E-state index in [1.165, 1.54) is 29.9 Å². The number of H-pyrrole nitrogens is 1. The van der Waals surface area contributed by atoms with Gasteiger partial charge in [0.05, 0.1) is 32.3 Å². The lowest BCUT2D eigenvalue weighted by molar-refractivity contribution is -0.118. The third-order valence-electron chi connectivity index (χ3n) is 5.46. The van der Waals surface area contributed by atoms with Gasteiger partial charge in [-0.15, -0.1) is 0 Å². The Morgan fingerprint density at radius 2 is 1.63 bits per heavy atom. The molecule has 13 nitrogen and oxygen atoms in total. The molecule has 3 rings (SSSR count). The summed E-state index contributed by atoms with van der Waals surface area (Å²) in [6, 6.07) is 0. The van der Waals surface area contributed by atoms with E-state index in [1.54, 1.807) is 4.57 Å². The average Bonchev–Trinajstić information content (AvgIpc) is 3.53. The highest BCUT2D eigenvalue weighted by molar-refractivity contribution is 8.14. The van der Waals surface area contributed by atoms with Crippen molar-refractivity contribution in [1.82, 2.24) is 19.5 Å². The number of carbonyl (C=O) groups is 2. The van der Waals surface area contributed by atoms with E-state index >= 15 is 0 Å². The molecule has 2 aromatic rings. The number of ether oxygens (including phenoxy) is 1. The maximum absolute atomic E-state index is 12.2. The third kappa shape index (κ3) is 11.2. The highest BCUT2D eigenvalue weighted by Gasteiger charge is 2.30. The van der Waals surface area contributed by atoms with Gasteiger partial charge >= 0.3 is 8.60 Å². The van der Waals surface area contributed by atoms with Gasteiger partial charge in [-0.2, -0.15) is 4.98 Å². The Hall–Kier alpha value is -1.58. The number of nitrogen functional groups attached to an aromatic ring is 1. The summed E-state index contributed by atoms with van der Waals surface area (Å²) in [6.07, 6.45) is 2.29. The molecule has 0 bridgehead atoms. The zero-order chi connectivity index (χ0) is 30.8. The van der Waals surface area contributed by atoms with Crippen LogP contribution in [0.4, 0.5) is 5.95 Å². The molecule has 41 heavy (non-hydrogen) atoms. The molecular formula is C25H42N5O8PS2. The molecule has 1 aliphatic heterocycles. The van der Waals surface area contributed by atoms with Gasteiger partial charge in [0.15, 0.2) is 21.4 Å². The summed E-state index contributed by atoms with van der Waals surface area (Å²) in [5.74, 6) is 0.963. The molecule has 3 heterocycles. The molecule has 0 spiro atoms. The number of nitrogens with two attached hydrogens (primary N) is 1. The van der Waals surface area contributed by atoms with Crippen molar-refractivity contribution in [3.8, 4) is 0 Å². The Morgan fingerprint density at radius 3 is 2.17 bits per heavy atom. The number of rotatable bonds is 12. The number of carbonyl (C=O) groups excluding carboxylic acids is 2. The van der Waals surface area contributed by atoms with Gasteiger partial charge in [0.25, 0.3) is 5.56 Å². The van der Waals surface area contributed by atoms with Crippen molar-refractivity contribution in [3.05, 3.63) is 16.7 Å². The predicted molar refractivity (Wildman–Crippen MR) is 162 cm³/mol. The molecule has 4 N–H and O–H groups in total. The van der Waals surface area contributed by atoms with E-state index in [4.69, 9.17) is 29.1 Å². The standard InChI is InChI=1S/C24H38N5O7PS2.CH4O/c1-23(2,3)20(31)38-11-9-33-37(34-10-12-39-21(32)24(4,5)6)35-13-15-7-8-16(36-15)29-14-26-17-18(29)27-22(25)28-19(17)30;1-2/h14-16H,7-13H2,1-6H3,(H3,25,27,28,30);2H,1H3. The first kappa shape index (κ1) is 35.6. The molecule has 0 radical (unpaired) electrons. The summed E-state index contributed by atoms with van der Waals surface area (Å²) < 4.78 is 25.5. The quantitative estimate of drug-likeness (QED) is 0.226. The van der Waals surface area contributed by atoms with Crippen LogP contribution in [0, 0.1) is 10.8 Å². The Labute approximate surface area is 250 Å². The number of nitrogens with one attached hydrogen (secondary N) is 1. The van der Waals surface area contributed by atoms with Crippen molar-refractivity contribution in [2.75, 3.05) is 44.2 Å². The fourth-order valence-electron chi connectivity index (χ4n) is 3.35. The second-order valence-electron chi connectivity index (χ2n) is 11.0. The normalized spacial score (nSPS) is 17.6. The van der Waals surface area contributed by atoms with E-state index in [0.717, 1.165) is 7.11 Å². The minimum absolute atomic E-state index is 0.0109. The summed E-state index contributed by atoms with van der Waals surface area (Å²) in [6.45, 7) is 12.1. The van der Waals surface area contributed by atoms with Crippen LogP contribution in [-0.4, -0.2) is 79.4 Å². The van der Waals surface area contributed by atoms with Crippen LogP contribution in [0.15, 0.2) is 11.1 Å². The Bertz CT molecular complexity index is 1160.